The van der Waals surface area contributed by atoms with Gasteiger partial charge in [0.25, 0.3) is 0 Å². The monoisotopic (exact) mass is 725 g/mol. The predicted molar refractivity (Wildman–Crippen MR) is 231 cm³/mol. The molecule has 0 atom stereocenters. The molecule has 1 fully saturated rings. The van der Waals surface area contributed by atoms with Crippen molar-refractivity contribution in [1.82, 2.24) is 15.0 Å². The highest BCUT2D eigenvalue weighted by Gasteiger charge is 2.46. The molecule has 3 nitrogen and oxygen atoms in total. The van der Waals surface area contributed by atoms with Crippen molar-refractivity contribution < 1.29 is 5.48 Å². The van der Waals surface area contributed by atoms with E-state index in [1.165, 1.54) is 0 Å². The van der Waals surface area contributed by atoms with E-state index in [9.17, 15) is 5.48 Å². The zero-order chi connectivity index (χ0) is 41.3. The van der Waals surface area contributed by atoms with Gasteiger partial charge < -0.3 is 0 Å². The van der Waals surface area contributed by atoms with Crippen molar-refractivity contribution in [2.75, 3.05) is 0 Å². The minimum atomic E-state index is -1.83. The van der Waals surface area contributed by atoms with Crippen LogP contribution in [0, 0.1) is 5.41 Å². The van der Waals surface area contributed by atoms with Gasteiger partial charge in [0.2, 0.25) is 0 Å². The van der Waals surface area contributed by atoms with Gasteiger partial charge in [0.1, 0.15) is 0 Å². The molecule has 10 rings (SSSR count). The van der Waals surface area contributed by atoms with Gasteiger partial charge in [0, 0.05) is 27.6 Å². The summed E-state index contributed by atoms with van der Waals surface area (Å²) in [5.41, 5.74) is 10.2. The molecule has 1 heterocycles. The lowest BCUT2D eigenvalue weighted by Crippen LogP contribution is -2.34. The van der Waals surface area contributed by atoms with E-state index in [4.69, 9.17) is 15.0 Å². The molecule has 2 aliphatic carbocycles. The van der Waals surface area contributed by atoms with E-state index in [1.54, 1.807) is 0 Å². The van der Waals surface area contributed by atoms with Crippen molar-refractivity contribution in [2.24, 2.45) is 5.41 Å². The Morgan fingerprint density at radius 2 is 0.786 bits per heavy atom. The van der Waals surface area contributed by atoms with E-state index in [1.807, 2.05) is 105 Å². The van der Waals surface area contributed by atoms with Crippen LogP contribution in [0.25, 0.3) is 78.7 Å². The molecule has 0 amide bonds. The van der Waals surface area contributed by atoms with E-state index in [-0.39, 0.29) is 12.8 Å². The maximum atomic E-state index is 9.63. The molecule has 1 spiro atoms. The average molecular weight is 726 g/mol. The standard InChI is InChI=1S/C53H43N3/c1-52(2)29-31-53(32-30-52)47-22-10-9-21-45(47)46-28-27-43(35-48(46)53)41-18-11-17-40(33-41)42-19-12-20-44(34-42)51-55-49(38-15-7-4-8-16-38)54-50(56-51)39-25-23-37(24-26-39)36-13-5-3-6-14-36/h3-28,33-35H,29-32H2,1-2H3/i31D2,32D2. The lowest BCUT2D eigenvalue weighted by atomic mass is 9.61. The Morgan fingerprint density at radius 1 is 0.375 bits per heavy atom. The third kappa shape index (κ3) is 6.14. The van der Waals surface area contributed by atoms with Gasteiger partial charge in [-0.2, -0.15) is 0 Å². The molecular weight excluding hydrogens is 679 g/mol. The molecule has 270 valence electrons. The number of fused-ring (bicyclic) bond motifs is 5. The Labute approximate surface area is 335 Å². The Morgan fingerprint density at radius 3 is 1.43 bits per heavy atom. The lowest BCUT2D eigenvalue weighted by Gasteiger charge is -2.43. The smallest absolute Gasteiger partial charge is 0.164 e. The SMILES string of the molecule is [2H]C1([2H])CC(C)(C)CC([2H])([2H])C12c1ccccc1-c1ccc(-c3cccc(-c4cccc(-c5nc(-c6ccccc6)nc(-c6ccc(-c7ccccc7)cc6)n5)c4)c3)cc12. The molecule has 1 saturated carbocycles. The number of hydrogen-bond donors (Lipinski definition) is 0. The van der Waals surface area contributed by atoms with Gasteiger partial charge >= 0.3 is 0 Å². The van der Waals surface area contributed by atoms with Gasteiger partial charge in [0.15, 0.2) is 17.5 Å². The van der Waals surface area contributed by atoms with E-state index in [0.717, 1.165) is 72.3 Å². The van der Waals surface area contributed by atoms with Crippen LogP contribution in [-0.4, -0.2) is 15.0 Å². The minimum absolute atomic E-state index is 0.263. The summed E-state index contributed by atoms with van der Waals surface area (Å²) in [6.45, 7) is 3.97. The highest BCUT2D eigenvalue weighted by atomic mass is 15.0. The zero-order valence-electron chi connectivity index (χ0n) is 35.5. The third-order valence-electron chi connectivity index (χ3n) is 11.3. The first kappa shape index (κ1) is 29.9. The van der Waals surface area contributed by atoms with Crippen LogP contribution in [0.15, 0.2) is 176 Å². The van der Waals surface area contributed by atoms with Crippen molar-refractivity contribution in [3.63, 3.8) is 0 Å². The van der Waals surface area contributed by atoms with E-state index >= 15 is 0 Å². The summed E-state index contributed by atoms with van der Waals surface area (Å²) >= 11 is 0. The summed E-state index contributed by atoms with van der Waals surface area (Å²) in [6, 6.07) is 59.3. The summed E-state index contributed by atoms with van der Waals surface area (Å²) in [5, 5.41) is 0. The summed E-state index contributed by atoms with van der Waals surface area (Å²) in [4.78, 5) is 15.0. The Hall–Kier alpha value is -6.45. The molecular formula is C53H43N3. The molecule has 1 aromatic heterocycles. The number of hydrogen-bond acceptors (Lipinski definition) is 3. The van der Waals surface area contributed by atoms with Crippen LogP contribution in [0.1, 0.15) is 56.0 Å². The van der Waals surface area contributed by atoms with Crippen LogP contribution in [0.4, 0.5) is 0 Å². The van der Waals surface area contributed by atoms with Crippen molar-refractivity contribution >= 4 is 0 Å². The highest BCUT2D eigenvalue weighted by Crippen LogP contribution is 2.58. The van der Waals surface area contributed by atoms with Crippen LogP contribution in [0.2, 0.25) is 0 Å². The molecule has 0 N–H and O–H groups in total. The molecule has 7 aromatic carbocycles. The van der Waals surface area contributed by atoms with Crippen molar-refractivity contribution in [3.8, 4) is 78.7 Å². The molecule has 8 aromatic rings. The molecule has 0 radical (unpaired) electrons. The second-order valence-electron chi connectivity index (χ2n) is 15.7. The zero-order valence-corrected chi connectivity index (χ0v) is 31.5. The number of nitrogens with zero attached hydrogens (tertiary/aromatic N) is 3. The van der Waals surface area contributed by atoms with Gasteiger partial charge in [0.05, 0.1) is 0 Å². The van der Waals surface area contributed by atoms with Crippen LogP contribution in [0.5, 0.6) is 0 Å². The lowest BCUT2D eigenvalue weighted by molar-refractivity contribution is 0.188. The van der Waals surface area contributed by atoms with E-state index < -0.39 is 23.6 Å². The Balaban J connectivity index is 1.04. The van der Waals surface area contributed by atoms with Crippen molar-refractivity contribution in [1.29, 1.82) is 0 Å². The van der Waals surface area contributed by atoms with Crippen molar-refractivity contribution in [3.05, 3.63) is 187 Å². The summed E-state index contributed by atoms with van der Waals surface area (Å²) < 4.78 is 38.5. The first-order chi connectivity index (χ1) is 28.9. The fraction of sp³-hybridized carbons (Fsp3) is 0.151. The van der Waals surface area contributed by atoms with Crippen LogP contribution in [-0.2, 0) is 5.41 Å². The van der Waals surface area contributed by atoms with Gasteiger partial charge in [-0.1, -0.05) is 172 Å². The minimum Gasteiger partial charge on any atom is -0.208 e. The fourth-order valence-electron chi connectivity index (χ4n) is 8.22. The van der Waals surface area contributed by atoms with Gasteiger partial charge in [-0.3, -0.25) is 0 Å². The van der Waals surface area contributed by atoms with Gasteiger partial charge in [-0.25, -0.2) is 15.0 Å². The van der Waals surface area contributed by atoms with Crippen LogP contribution >= 0.6 is 0 Å². The molecule has 3 heteroatoms. The quantitative estimate of drug-likeness (QED) is 0.171. The molecule has 0 saturated heterocycles. The molecule has 0 aliphatic heterocycles. The first-order valence-corrected chi connectivity index (χ1v) is 19.4. The van der Waals surface area contributed by atoms with Crippen LogP contribution in [0.3, 0.4) is 0 Å². The van der Waals surface area contributed by atoms with Gasteiger partial charge in [-0.05, 0) is 105 Å². The maximum Gasteiger partial charge on any atom is 0.164 e. The largest absolute Gasteiger partial charge is 0.208 e. The summed E-state index contributed by atoms with van der Waals surface area (Å²) in [6.07, 6.45) is -3.14. The van der Waals surface area contributed by atoms with E-state index in [0.29, 0.717) is 17.5 Å². The summed E-state index contributed by atoms with van der Waals surface area (Å²) in [7, 11) is 0. The van der Waals surface area contributed by atoms with Gasteiger partial charge in [-0.15, -0.1) is 0 Å². The Bertz CT molecular complexity index is 2890. The molecule has 0 unspecified atom stereocenters. The van der Waals surface area contributed by atoms with Crippen LogP contribution < -0.4 is 0 Å². The second kappa shape index (κ2) is 13.7. The van der Waals surface area contributed by atoms with E-state index in [2.05, 4.69) is 84.9 Å². The van der Waals surface area contributed by atoms with Crippen molar-refractivity contribution in [2.45, 2.75) is 44.8 Å². The molecule has 0 bridgehead atoms. The first-order valence-electron chi connectivity index (χ1n) is 21.4. The number of aromatic nitrogens is 3. The average Bonchev–Trinajstić information content (AvgIpc) is 3.58. The number of rotatable bonds is 6. The number of benzene rings is 7. The second-order valence-corrected chi connectivity index (χ2v) is 15.7. The maximum absolute atomic E-state index is 9.63. The molecule has 56 heavy (non-hydrogen) atoms. The fourth-order valence-corrected chi connectivity index (χ4v) is 8.22. The topological polar surface area (TPSA) is 38.7 Å². The Kier molecular flexibility index (Phi) is 7.30. The predicted octanol–water partition coefficient (Wildman–Crippen LogP) is 13.7. The summed E-state index contributed by atoms with van der Waals surface area (Å²) in [5.74, 6) is 1.77. The highest BCUT2D eigenvalue weighted by molar-refractivity contribution is 5.85. The molecule has 2 aliphatic rings. The normalized spacial score (nSPS) is 17.8. The third-order valence-corrected chi connectivity index (χ3v) is 11.3.